The summed E-state index contributed by atoms with van der Waals surface area (Å²) in [7, 11) is 1.68. The van der Waals surface area contributed by atoms with Gasteiger partial charge in [-0.15, -0.1) is 24.0 Å². The SMILES string of the molecule is CN=C(NCCNC(=O)Cc1cccc(F)c1)NCc1ccc(N2CCCC2=O)cc1.I. The first-order chi connectivity index (χ1) is 15.0. The Morgan fingerprint density at radius 2 is 1.81 bits per heavy atom. The molecule has 0 unspecified atom stereocenters. The van der Waals surface area contributed by atoms with Crippen LogP contribution in [0.1, 0.15) is 24.0 Å². The smallest absolute Gasteiger partial charge is 0.227 e. The molecule has 1 heterocycles. The summed E-state index contributed by atoms with van der Waals surface area (Å²) in [6.07, 6.45) is 1.68. The third-order valence-corrected chi connectivity index (χ3v) is 5.00. The van der Waals surface area contributed by atoms with E-state index in [0.29, 0.717) is 37.6 Å². The molecular formula is C23H29FIN5O2. The lowest BCUT2D eigenvalue weighted by atomic mass is 10.1. The van der Waals surface area contributed by atoms with E-state index in [-0.39, 0.29) is 48.0 Å². The highest BCUT2D eigenvalue weighted by Gasteiger charge is 2.21. The van der Waals surface area contributed by atoms with Gasteiger partial charge in [-0.2, -0.15) is 0 Å². The Kier molecular flexibility index (Phi) is 10.4. The van der Waals surface area contributed by atoms with Gasteiger partial charge in [0.1, 0.15) is 5.82 Å². The van der Waals surface area contributed by atoms with Crippen LogP contribution < -0.4 is 20.9 Å². The van der Waals surface area contributed by atoms with E-state index in [1.54, 1.807) is 19.2 Å². The van der Waals surface area contributed by atoms with E-state index >= 15 is 0 Å². The molecule has 1 saturated heterocycles. The normalized spacial score (nSPS) is 13.5. The lowest BCUT2D eigenvalue weighted by Crippen LogP contribution is -2.41. The van der Waals surface area contributed by atoms with Crippen LogP contribution in [0.5, 0.6) is 0 Å². The number of aliphatic imine (C=N–C) groups is 1. The predicted octanol–water partition coefficient (Wildman–Crippen LogP) is 2.59. The quantitative estimate of drug-likeness (QED) is 0.203. The molecule has 3 N–H and O–H groups in total. The van der Waals surface area contributed by atoms with Gasteiger partial charge in [-0.3, -0.25) is 14.6 Å². The van der Waals surface area contributed by atoms with Gasteiger partial charge in [-0.1, -0.05) is 24.3 Å². The van der Waals surface area contributed by atoms with Crippen molar-refractivity contribution in [2.45, 2.75) is 25.8 Å². The number of anilines is 1. The van der Waals surface area contributed by atoms with Crippen LogP contribution >= 0.6 is 24.0 Å². The molecule has 1 aliphatic rings. The monoisotopic (exact) mass is 553 g/mol. The molecule has 1 aliphatic heterocycles. The Bertz CT molecular complexity index is 936. The number of amides is 2. The zero-order chi connectivity index (χ0) is 22.1. The second-order valence-corrected chi connectivity index (χ2v) is 7.32. The third-order valence-electron chi connectivity index (χ3n) is 5.00. The van der Waals surface area contributed by atoms with E-state index in [9.17, 15) is 14.0 Å². The van der Waals surface area contributed by atoms with Gasteiger partial charge in [-0.25, -0.2) is 4.39 Å². The van der Waals surface area contributed by atoms with Gasteiger partial charge in [0.15, 0.2) is 5.96 Å². The number of carbonyl (C=O) groups is 2. The average Bonchev–Trinajstić information content (AvgIpc) is 3.19. The van der Waals surface area contributed by atoms with Crippen molar-refractivity contribution in [1.29, 1.82) is 0 Å². The Hall–Kier alpha value is -2.69. The lowest BCUT2D eigenvalue weighted by Gasteiger charge is -2.16. The average molecular weight is 553 g/mol. The van der Waals surface area contributed by atoms with Crippen LogP contribution in [0.3, 0.4) is 0 Å². The van der Waals surface area contributed by atoms with Gasteiger partial charge < -0.3 is 20.9 Å². The molecule has 0 aliphatic carbocycles. The summed E-state index contributed by atoms with van der Waals surface area (Å²) in [6.45, 7) is 2.30. The first kappa shape index (κ1) is 25.6. The molecule has 2 amide bonds. The van der Waals surface area contributed by atoms with E-state index < -0.39 is 0 Å². The van der Waals surface area contributed by atoms with Crippen LogP contribution in [0.2, 0.25) is 0 Å². The summed E-state index contributed by atoms with van der Waals surface area (Å²) in [4.78, 5) is 29.8. The molecule has 7 nitrogen and oxygen atoms in total. The number of hydrogen-bond acceptors (Lipinski definition) is 3. The van der Waals surface area contributed by atoms with Crippen LogP contribution in [0, 0.1) is 5.82 Å². The lowest BCUT2D eigenvalue weighted by molar-refractivity contribution is -0.120. The van der Waals surface area contributed by atoms with Crippen molar-refractivity contribution in [2.24, 2.45) is 4.99 Å². The first-order valence-corrected chi connectivity index (χ1v) is 10.4. The number of guanidine groups is 1. The molecule has 2 aromatic carbocycles. The van der Waals surface area contributed by atoms with E-state index in [4.69, 9.17) is 0 Å². The molecule has 0 saturated carbocycles. The van der Waals surface area contributed by atoms with E-state index in [1.165, 1.54) is 12.1 Å². The van der Waals surface area contributed by atoms with Crippen molar-refractivity contribution in [1.82, 2.24) is 16.0 Å². The van der Waals surface area contributed by atoms with E-state index in [1.807, 2.05) is 29.2 Å². The Morgan fingerprint density at radius 3 is 2.47 bits per heavy atom. The van der Waals surface area contributed by atoms with Crippen molar-refractivity contribution in [3.05, 3.63) is 65.5 Å². The highest BCUT2D eigenvalue weighted by molar-refractivity contribution is 14.0. The predicted molar refractivity (Wildman–Crippen MR) is 135 cm³/mol. The summed E-state index contributed by atoms with van der Waals surface area (Å²) in [5.74, 6) is 0.296. The minimum Gasteiger partial charge on any atom is -0.355 e. The second kappa shape index (κ2) is 13.0. The van der Waals surface area contributed by atoms with Crippen LogP contribution in [0.4, 0.5) is 10.1 Å². The fourth-order valence-electron chi connectivity index (χ4n) is 3.40. The molecule has 9 heteroatoms. The Morgan fingerprint density at radius 1 is 1.06 bits per heavy atom. The molecule has 2 aromatic rings. The fraction of sp³-hybridized carbons (Fsp3) is 0.348. The van der Waals surface area contributed by atoms with Gasteiger partial charge >= 0.3 is 0 Å². The Labute approximate surface area is 204 Å². The number of carbonyl (C=O) groups excluding carboxylic acids is 2. The fourth-order valence-corrected chi connectivity index (χ4v) is 3.40. The van der Waals surface area contributed by atoms with Crippen LogP contribution in [-0.4, -0.2) is 44.5 Å². The maximum Gasteiger partial charge on any atom is 0.227 e. The second-order valence-electron chi connectivity index (χ2n) is 7.32. The number of hydrogen-bond donors (Lipinski definition) is 3. The van der Waals surface area contributed by atoms with E-state index in [2.05, 4.69) is 20.9 Å². The number of nitrogens with one attached hydrogen (secondary N) is 3. The van der Waals surface area contributed by atoms with Crippen LogP contribution in [-0.2, 0) is 22.6 Å². The summed E-state index contributed by atoms with van der Waals surface area (Å²) in [5.41, 5.74) is 2.65. The van der Waals surface area contributed by atoms with Crippen molar-refractivity contribution < 1.29 is 14.0 Å². The maximum atomic E-state index is 13.2. The molecular weight excluding hydrogens is 524 g/mol. The molecule has 172 valence electrons. The first-order valence-electron chi connectivity index (χ1n) is 10.4. The molecule has 0 atom stereocenters. The van der Waals surface area contributed by atoms with Crippen molar-refractivity contribution >= 4 is 47.4 Å². The highest BCUT2D eigenvalue weighted by atomic mass is 127. The van der Waals surface area contributed by atoms with E-state index in [0.717, 1.165) is 24.2 Å². The number of benzene rings is 2. The number of nitrogens with zero attached hydrogens (tertiary/aromatic N) is 2. The maximum absolute atomic E-state index is 13.2. The standard InChI is InChI=1S/C23H28FN5O2.HI/c1-25-23(27-12-11-26-21(30)15-18-4-2-5-19(24)14-18)28-16-17-7-9-20(10-8-17)29-13-3-6-22(29)31;/h2,4-5,7-10,14H,3,6,11-13,15-16H2,1H3,(H,26,30)(H2,25,27,28);1H. The molecule has 0 bridgehead atoms. The summed E-state index contributed by atoms with van der Waals surface area (Å²) in [5, 5.41) is 9.16. The minimum absolute atomic E-state index is 0. The molecule has 0 radical (unpaired) electrons. The van der Waals surface area contributed by atoms with Crippen molar-refractivity contribution in [3.8, 4) is 0 Å². The molecule has 0 aromatic heterocycles. The summed E-state index contributed by atoms with van der Waals surface area (Å²) < 4.78 is 13.2. The number of halogens is 2. The highest BCUT2D eigenvalue weighted by Crippen LogP contribution is 2.21. The minimum atomic E-state index is -0.346. The largest absolute Gasteiger partial charge is 0.355 e. The van der Waals surface area contributed by atoms with Crippen LogP contribution in [0.25, 0.3) is 0 Å². The van der Waals surface area contributed by atoms with Crippen molar-refractivity contribution in [2.75, 3.05) is 31.6 Å². The van der Waals surface area contributed by atoms with Gasteiger partial charge in [0, 0.05) is 45.3 Å². The van der Waals surface area contributed by atoms with Crippen molar-refractivity contribution in [3.63, 3.8) is 0 Å². The zero-order valence-electron chi connectivity index (χ0n) is 18.1. The molecule has 1 fully saturated rings. The van der Waals surface area contributed by atoms with Gasteiger partial charge in [-0.05, 0) is 41.8 Å². The summed E-state index contributed by atoms with van der Waals surface area (Å²) in [6, 6.07) is 13.9. The molecule has 3 rings (SSSR count). The Balaban J connectivity index is 0.00000363. The molecule has 32 heavy (non-hydrogen) atoms. The molecule has 0 spiro atoms. The van der Waals surface area contributed by atoms with Gasteiger partial charge in [0.25, 0.3) is 0 Å². The van der Waals surface area contributed by atoms with Gasteiger partial charge in [0.05, 0.1) is 6.42 Å². The topological polar surface area (TPSA) is 85.8 Å². The van der Waals surface area contributed by atoms with Crippen LogP contribution in [0.15, 0.2) is 53.5 Å². The number of rotatable bonds is 8. The van der Waals surface area contributed by atoms with Gasteiger partial charge in [0.2, 0.25) is 11.8 Å². The summed E-state index contributed by atoms with van der Waals surface area (Å²) >= 11 is 0. The zero-order valence-corrected chi connectivity index (χ0v) is 20.4. The third kappa shape index (κ3) is 7.77.